The van der Waals surface area contributed by atoms with Gasteiger partial charge in [-0.25, -0.2) is 4.98 Å². The van der Waals surface area contributed by atoms with E-state index in [1.165, 1.54) is 0 Å². The molecule has 5 nitrogen and oxygen atoms in total. The Kier molecular flexibility index (Phi) is 4.20. The Balaban J connectivity index is 1.78. The third-order valence-corrected chi connectivity index (χ3v) is 4.61. The van der Waals surface area contributed by atoms with Crippen molar-refractivity contribution in [3.05, 3.63) is 78.2 Å². The number of aryl methyl sites for hydroxylation is 1. The smallest absolute Gasteiger partial charge is 0.253 e. The Labute approximate surface area is 157 Å². The normalized spacial score (nSPS) is 10.9. The van der Waals surface area contributed by atoms with Crippen LogP contribution in [-0.2, 0) is 0 Å². The molecular formula is C22H20N4O. The van der Waals surface area contributed by atoms with Gasteiger partial charge in [-0.2, -0.15) is 0 Å². The second-order valence-corrected chi connectivity index (χ2v) is 6.73. The summed E-state index contributed by atoms with van der Waals surface area (Å²) in [5, 5.41) is 1.10. The highest BCUT2D eigenvalue weighted by atomic mass is 16.2. The molecule has 134 valence electrons. The van der Waals surface area contributed by atoms with Crippen LogP contribution in [0.2, 0.25) is 0 Å². The van der Waals surface area contributed by atoms with E-state index in [-0.39, 0.29) is 5.91 Å². The van der Waals surface area contributed by atoms with Crippen LogP contribution >= 0.6 is 0 Å². The van der Waals surface area contributed by atoms with Crippen molar-refractivity contribution < 1.29 is 4.79 Å². The van der Waals surface area contributed by atoms with Gasteiger partial charge in [0.15, 0.2) is 0 Å². The fourth-order valence-electron chi connectivity index (χ4n) is 3.23. The number of pyridine rings is 1. The molecule has 4 rings (SSSR count). The van der Waals surface area contributed by atoms with Gasteiger partial charge in [-0.1, -0.05) is 18.2 Å². The molecular weight excluding hydrogens is 336 g/mol. The van der Waals surface area contributed by atoms with E-state index in [0.717, 1.165) is 33.5 Å². The maximum atomic E-state index is 12.2. The van der Waals surface area contributed by atoms with Crippen molar-refractivity contribution in [2.75, 3.05) is 14.1 Å². The number of rotatable bonds is 3. The molecule has 2 aromatic heterocycles. The maximum absolute atomic E-state index is 12.2. The van der Waals surface area contributed by atoms with Crippen LogP contribution in [0.15, 0.2) is 67.1 Å². The van der Waals surface area contributed by atoms with E-state index in [0.29, 0.717) is 5.56 Å². The van der Waals surface area contributed by atoms with E-state index in [2.05, 4.69) is 22.1 Å². The van der Waals surface area contributed by atoms with Crippen molar-refractivity contribution in [1.82, 2.24) is 19.4 Å². The average molecular weight is 356 g/mol. The highest BCUT2D eigenvalue weighted by molar-refractivity contribution is 5.94. The van der Waals surface area contributed by atoms with Crippen molar-refractivity contribution in [2.45, 2.75) is 6.92 Å². The average Bonchev–Trinajstić information content (AvgIpc) is 3.16. The van der Waals surface area contributed by atoms with E-state index < -0.39 is 0 Å². The molecule has 0 spiro atoms. The largest absolute Gasteiger partial charge is 0.345 e. The molecule has 0 saturated heterocycles. The molecule has 1 amide bonds. The molecule has 0 bridgehead atoms. The Morgan fingerprint density at radius 3 is 2.63 bits per heavy atom. The zero-order valence-electron chi connectivity index (χ0n) is 15.5. The standard InChI is InChI=1S/C22H20N4O/c1-15-13-18(22(27)25(2)3)8-9-20(15)26-12-11-24-21(26)17-7-6-16-5-4-10-23-19(16)14-17/h4-14H,1-3H3. The Hall–Kier alpha value is -3.47. The minimum Gasteiger partial charge on any atom is -0.345 e. The maximum Gasteiger partial charge on any atom is 0.253 e. The molecule has 0 saturated carbocycles. The van der Waals surface area contributed by atoms with Crippen molar-refractivity contribution in [3.63, 3.8) is 0 Å². The van der Waals surface area contributed by atoms with Gasteiger partial charge in [-0.05, 0) is 42.8 Å². The second kappa shape index (κ2) is 6.68. The zero-order chi connectivity index (χ0) is 19.0. The van der Waals surface area contributed by atoms with Crippen LogP contribution in [0.4, 0.5) is 0 Å². The molecule has 0 aliphatic carbocycles. The van der Waals surface area contributed by atoms with Crippen LogP contribution in [0.1, 0.15) is 15.9 Å². The number of hydrogen-bond donors (Lipinski definition) is 0. The topological polar surface area (TPSA) is 51.0 Å². The first-order chi connectivity index (χ1) is 13.0. The van der Waals surface area contributed by atoms with Crippen molar-refractivity contribution in [1.29, 1.82) is 0 Å². The van der Waals surface area contributed by atoms with Gasteiger partial charge in [-0.3, -0.25) is 14.3 Å². The Bertz CT molecular complexity index is 1140. The number of amides is 1. The molecule has 0 radical (unpaired) electrons. The first-order valence-corrected chi connectivity index (χ1v) is 8.76. The molecule has 4 aromatic rings. The lowest BCUT2D eigenvalue weighted by molar-refractivity contribution is 0.0827. The lowest BCUT2D eigenvalue weighted by atomic mass is 10.1. The van der Waals surface area contributed by atoms with Gasteiger partial charge >= 0.3 is 0 Å². The number of imidazole rings is 1. The molecule has 0 unspecified atom stereocenters. The van der Waals surface area contributed by atoms with Crippen LogP contribution in [0.3, 0.4) is 0 Å². The van der Waals surface area contributed by atoms with E-state index in [9.17, 15) is 4.79 Å². The third-order valence-electron chi connectivity index (χ3n) is 4.61. The lowest BCUT2D eigenvalue weighted by Crippen LogP contribution is -2.21. The molecule has 0 aliphatic rings. The zero-order valence-corrected chi connectivity index (χ0v) is 15.5. The fourth-order valence-corrected chi connectivity index (χ4v) is 3.23. The number of benzene rings is 2. The summed E-state index contributed by atoms with van der Waals surface area (Å²) >= 11 is 0. The summed E-state index contributed by atoms with van der Waals surface area (Å²) in [5.41, 5.74) is 4.63. The second-order valence-electron chi connectivity index (χ2n) is 6.73. The monoisotopic (exact) mass is 356 g/mol. The van der Waals surface area contributed by atoms with Gasteiger partial charge in [0.25, 0.3) is 5.91 Å². The van der Waals surface area contributed by atoms with Gasteiger partial charge in [0.2, 0.25) is 0 Å². The van der Waals surface area contributed by atoms with E-state index in [4.69, 9.17) is 0 Å². The van der Waals surface area contributed by atoms with E-state index in [1.54, 1.807) is 31.4 Å². The SMILES string of the molecule is Cc1cc(C(=O)N(C)C)ccc1-n1ccnc1-c1ccc2cccnc2c1. The van der Waals surface area contributed by atoms with Crippen LogP contribution in [0.25, 0.3) is 28.0 Å². The molecule has 2 heterocycles. The number of hydrogen-bond acceptors (Lipinski definition) is 3. The third kappa shape index (κ3) is 3.08. The molecule has 0 N–H and O–H groups in total. The summed E-state index contributed by atoms with van der Waals surface area (Å²) in [6.45, 7) is 2.01. The van der Waals surface area contributed by atoms with E-state index >= 15 is 0 Å². The molecule has 2 aromatic carbocycles. The summed E-state index contributed by atoms with van der Waals surface area (Å²) in [4.78, 5) is 22.8. The van der Waals surface area contributed by atoms with Crippen LogP contribution in [0.5, 0.6) is 0 Å². The molecule has 0 atom stereocenters. The number of nitrogens with zero attached hydrogens (tertiary/aromatic N) is 4. The van der Waals surface area contributed by atoms with Gasteiger partial charge in [0.05, 0.1) is 11.2 Å². The summed E-state index contributed by atoms with van der Waals surface area (Å²) < 4.78 is 2.04. The molecule has 5 heteroatoms. The van der Waals surface area contributed by atoms with Crippen molar-refractivity contribution in [2.24, 2.45) is 0 Å². The Morgan fingerprint density at radius 2 is 1.85 bits per heavy atom. The lowest BCUT2D eigenvalue weighted by Gasteiger charge is -2.14. The van der Waals surface area contributed by atoms with Gasteiger partial charge < -0.3 is 4.90 Å². The minimum absolute atomic E-state index is 0.00360. The molecule has 0 fully saturated rings. The summed E-state index contributed by atoms with van der Waals surface area (Å²) in [6.07, 6.45) is 5.52. The van der Waals surface area contributed by atoms with Gasteiger partial charge in [0.1, 0.15) is 5.82 Å². The molecule has 0 aliphatic heterocycles. The van der Waals surface area contributed by atoms with Crippen LogP contribution in [-0.4, -0.2) is 39.4 Å². The summed E-state index contributed by atoms with van der Waals surface area (Å²) in [6, 6.07) is 15.9. The quantitative estimate of drug-likeness (QED) is 0.555. The Morgan fingerprint density at radius 1 is 1.00 bits per heavy atom. The van der Waals surface area contributed by atoms with Crippen molar-refractivity contribution in [3.8, 4) is 17.1 Å². The van der Waals surface area contributed by atoms with Crippen LogP contribution in [0, 0.1) is 6.92 Å². The fraction of sp³-hybridized carbons (Fsp3) is 0.136. The number of carbonyl (C=O) groups excluding carboxylic acids is 1. The highest BCUT2D eigenvalue weighted by Gasteiger charge is 2.13. The van der Waals surface area contributed by atoms with E-state index in [1.807, 2.05) is 54.1 Å². The predicted octanol–water partition coefficient (Wildman–Crippen LogP) is 4.10. The molecule has 27 heavy (non-hydrogen) atoms. The number of aromatic nitrogens is 3. The highest BCUT2D eigenvalue weighted by Crippen LogP contribution is 2.26. The first-order valence-electron chi connectivity index (χ1n) is 8.76. The van der Waals surface area contributed by atoms with Gasteiger partial charge in [-0.15, -0.1) is 0 Å². The van der Waals surface area contributed by atoms with Crippen molar-refractivity contribution >= 4 is 16.8 Å². The van der Waals surface area contributed by atoms with Crippen LogP contribution < -0.4 is 0 Å². The number of carbonyl (C=O) groups is 1. The first kappa shape index (κ1) is 17.0. The predicted molar refractivity (Wildman–Crippen MR) is 107 cm³/mol. The minimum atomic E-state index is -0.00360. The summed E-state index contributed by atoms with van der Waals surface area (Å²) in [5.74, 6) is 0.841. The number of fused-ring (bicyclic) bond motifs is 1. The summed E-state index contributed by atoms with van der Waals surface area (Å²) in [7, 11) is 3.51. The van der Waals surface area contributed by atoms with Gasteiger partial charge in [0, 0.05) is 49.2 Å².